The van der Waals surface area contributed by atoms with Crippen LogP contribution in [0.5, 0.6) is 0 Å². The maximum Gasteiger partial charge on any atom is 0.289 e. The second-order valence-electron chi connectivity index (χ2n) is 8.51. The van der Waals surface area contributed by atoms with Crippen LogP contribution in [-0.4, -0.2) is 38.7 Å². The molecule has 0 N–H and O–H groups in total. The number of fused-ring (bicyclic) bond motifs is 1. The van der Waals surface area contributed by atoms with Gasteiger partial charge in [-0.1, -0.05) is 37.5 Å². The number of piperidine rings is 1. The first-order valence-corrected chi connectivity index (χ1v) is 12.2. The van der Waals surface area contributed by atoms with Crippen LogP contribution in [0.25, 0.3) is 11.0 Å². The lowest BCUT2D eigenvalue weighted by Crippen LogP contribution is -2.39. The number of hydrogen-bond acceptors (Lipinski definition) is 4. The van der Waals surface area contributed by atoms with E-state index >= 15 is 0 Å². The van der Waals surface area contributed by atoms with Gasteiger partial charge in [-0.05, 0) is 31.7 Å². The first-order valence-electron chi connectivity index (χ1n) is 11.2. The second-order valence-corrected chi connectivity index (χ2v) is 9.80. The van der Waals surface area contributed by atoms with Gasteiger partial charge in [0.05, 0.1) is 6.33 Å². The van der Waals surface area contributed by atoms with Crippen molar-refractivity contribution in [2.45, 2.75) is 62.0 Å². The van der Waals surface area contributed by atoms with Gasteiger partial charge in [-0.15, -0.1) is 0 Å². The van der Waals surface area contributed by atoms with Crippen molar-refractivity contribution in [2.24, 2.45) is 0 Å². The third kappa shape index (κ3) is 4.02. The Kier molecular flexibility index (Phi) is 5.84. The average Bonchev–Trinajstić information content (AvgIpc) is 3.46. The van der Waals surface area contributed by atoms with Crippen molar-refractivity contribution >= 4 is 28.6 Å². The highest BCUT2D eigenvalue weighted by Gasteiger charge is 2.29. The Morgan fingerprint density at radius 2 is 1.90 bits per heavy atom. The van der Waals surface area contributed by atoms with Crippen molar-refractivity contribution in [1.82, 2.24) is 14.5 Å². The minimum absolute atomic E-state index is 0.0505. The van der Waals surface area contributed by atoms with Gasteiger partial charge in [0.2, 0.25) is 0 Å². The van der Waals surface area contributed by atoms with Crippen molar-refractivity contribution in [3.05, 3.63) is 54.3 Å². The number of rotatable bonds is 5. The van der Waals surface area contributed by atoms with E-state index in [2.05, 4.69) is 15.6 Å². The van der Waals surface area contributed by atoms with Crippen LogP contribution in [0.3, 0.4) is 0 Å². The maximum atomic E-state index is 13.4. The Labute approximate surface area is 181 Å². The molecule has 3 aromatic rings. The summed E-state index contributed by atoms with van der Waals surface area (Å²) in [7, 11) is 0. The predicted molar refractivity (Wildman–Crippen MR) is 121 cm³/mol. The van der Waals surface area contributed by atoms with E-state index in [1.54, 1.807) is 0 Å². The van der Waals surface area contributed by atoms with Crippen molar-refractivity contribution in [1.29, 1.82) is 0 Å². The van der Waals surface area contributed by atoms with E-state index in [-0.39, 0.29) is 5.91 Å². The second kappa shape index (κ2) is 8.88. The third-order valence-corrected chi connectivity index (χ3v) is 8.00. The van der Waals surface area contributed by atoms with Crippen LogP contribution in [0, 0.1) is 0 Å². The SMILES string of the molecule is O=C(c1oc2ccccc2c1CSC1CCCCC1)N1CCC(n2ccnc2)CC1. The maximum absolute atomic E-state index is 13.4. The Bertz CT molecular complexity index is 983. The summed E-state index contributed by atoms with van der Waals surface area (Å²) in [4.78, 5) is 19.6. The van der Waals surface area contributed by atoms with Crippen molar-refractivity contribution in [2.75, 3.05) is 13.1 Å². The van der Waals surface area contributed by atoms with Gasteiger partial charge >= 0.3 is 0 Å². The molecule has 158 valence electrons. The highest BCUT2D eigenvalue weighted by atomic mass is 32.2. The number of thioether (sulfide) groups is 1. The standard InChI is InChI=1S/C24H29N3O2S/c28-24(26-13-10-18(11-14-26)27-15-12-25-17-27)23-21(16-30-19-6-2-1-3-7-19)20-8-4-5-9-22(20)29-23/h4-5,8-9,12,15,17-19H,1-3,6-7,10-11,13-14,16H2. The van der Waals surface area contributed by atoms with E-state index in [1.165, 1.54) is 32.1 Å². The highest BCUT2D eigenvalue weighted by molar-refractivity contribution is 7.99. The van der Waals surface area contributed by atoms with Gasteiger partial charge in [0.15, 0.2) is 5.76 Å². The predicted octanol–water partition coefficient (Wildman–Crippen LogP) is 5.67. The van der Waals surface area contributed by atoms with Crippen LogP contribution < -0.4 is 0 Å². The lowest BCUT2D eigenvalue weighted by molar-refractivity contribution is 0.0663. The van der Waals surface area contributed by atoms with Crippen molar-refractivity contribution in [3.8, 4) is 0 Å². The molecule has 1 aromatic carbocycles. The molecule has 2 aromatic heterocycles. The number of amides is 1. The molecule has 0 atom stereocenters. The van der Waals surface area contributed by atoms with Gasteiger partial charge < -0.3 is 13.9 Å². The molecule has 3 heterocycles. The van der Waals surface area contributed by atoms with Gasteiger partial charge in [0.25, 0.3) is 5.91 Å². The summed E-state index contributed by atoms with van der Waals surface area (Å²) in [6.45, 7) is 1.52. The zero-order valence-electron chi connectivity index (χ0n) is 17.3. The fourth-order valence-corrected chi connectivity index (χ4v) is 6.20. The minimum Gasteiger partial charge on any atom is -0.451 e. The van der Waals surface area contributed by atoms with E-state index in [0.717, 1.165) is 48.2 Å². The molecule has 6 heteroatoms. The number of aromatic nitrogens is 2. The summed E-state index contributed by atoms with van der Waals surface area (Å²) in [5, 5.41) is 1.80. The molecule has 0 bridgehead atoms. The van der Waals surface area contributed by atoms with E-state index in [0.29, 0.717) is 17.1 Å². The number of benzene rings is 1. The number of carbonyl (C=O) groups excluding carboxylic acids is 1. The van der Waals surface area contributed by atoms with E-state index in [9.17, 15) is 4.79 Å². The molecule has 2 aliphatic rings. The number of para-hydroxylation sites is 1. The normalized spacial score (nSPS) is 18.9. The van der Waals surface area contributed by atoms with Gasteiger partial charge in [0.1, 0.15) is 5.58 Å². The van der Waals surface area contributed by atoms with E-state index in [1.807, 2.05) is 53.6 Å². The number of hydrogen-bond donors (Lipinski definition) is 0. The van der Waals surface area contributed by atoms with Crippen LogP contribution in [-0.2, 0) is 5.75 Å². The zero-order chi connectivity index (χ0) is 20.3. The fraction of sp³-hybridized carbons (Fsp3) is 0.500. The summed E-state index contributed by atoms with van der Waals surface area (Å²) < 4.78 is 8.30. The van der Waals surface area contributed by atoms with Crippen LogP contribution in [0.2, 0.25) is 0 Å². The molecule has 1 amide bonds. The van der Waals surface area contributed by atoms with E-state index < -0.39 is 0 Å². The number of likely N-dealkylation sites (tertiary alicyclic amines) is 1. The number of carbonyl (C=O) groups is 1. The molecule has 2 fully saturated rings. The summed E-state index contributed by atoms with van der Waals surface area (Å²) in [5.74, 6) is 1.46. The molecule has 30 heavy (non-hydrogen) atoms. The summed E-state index contributed by atoms with van der Waals surface area (Å²) in [5.41, 5.74) is 1.91. The molecular formula is C24H29N3O2S. The fourth-order valence-electron chi connectivity index (χ4n) is 4.84. The Morgan fingerprint density at radius 3 is 2.67 bits per heavy atom. The Morgan fingerprint density at radius 1 is 1.10 bits per heavy atom. The lowest BCUT2D eigenvalue weighted by Gasteiger charge is -2.32. The smallest absolute Gasteiger partial charge is 0.289 e. The summed E-state index contributed by atoms with van der Waals surface area (Å²) >= 11 is 2.01. The molecular weight excluding hydrogens is 394 g/mol. The van der Waals surface area contributed by atoms with Gasteiger partial charge in [-0.25, -0.2) is 4.98 Å². The van der Waals surface area contributed by atoms with Crippen LogP contribution >= 0.6 is 11.8 Å². The van der Waals surface area contributed by atoms with Crippen molar-refractivity contribution < 1.29 is 9.21 Å². The third-order valence-electron chi connectivity index (χ3n) is 6.61. The minimum atomic E-state index is 0.0505. The molecule has 0 spiro atoms. The summed E-state index contributed by atoms with van der Waals surface area (Å²) in [6.07, 6.45) is 14.2. The largest absolute Gasteiger partial charge is 0.451 e. The number of imidazole rings is 1. The van der Waals surface area contributed by atoms with E-state index in [4.69, 9.17) is 4.42 Å². The molecule has 1 aliphatic carbocycles. The highest BCUT2D eigenvalue weighted by Crippen LogP contribution is 2.36. The molecule has 1 saturated carbocycles. The quantitative estimate of drug-likeness (QED) is 0.530. The molecule has 5 rings (SSSR count). The average molecular weight is 424 g/mol. The Balaban J connectivity index is 1.33. The van der Waals surface area contributed by atoms with Crippen molar-refractivity contribution in [3.63, 3.8) is 0 Å². The first-order chi connectivity index (χ1) is 14.8. The molecule has 0 radical (unpaired) electrons. The van der Waals surface area contributed by atoms with Gasteiger partial charge in [-0.2, -0.15) is 11.8 Å². The zero-order valence-corrected chi connectivity index (χ0v) is 18.2. The van der Waals surface area contributed by atoms with Gasteiger partial charge in [0, 0.05) is 53.5 Å². The molecule has 5 nitrogen and oxygen atoms in total. The monoisotopic (exact) mass is 423 g/mol. The van der Waals surface area contributed by atoms with Crippen LogP contribution in [0.15, 0.2) is 47.4 Å². The molecule has 1 aliphatic heterocycles. The Hall–Kier alpha value is -2.21. The molecule has 0 unspecified atom stereocenters. The summed E-state index contributed by atoms with van der Waals surface area (Å²) in [6, 6.07) is 8.52. The van der Waals surface area contributed by atoms with Gasteiger partial charge in [-0.3, -0.25) is 4.79 Å². The van der Waals surface area contributed by atoms with Crippen LogP contribution in [0.4, 0.5) is 0 Å². The van der Waals surface area contributed by atoms with Crippen LogP contribution in [0.1, 0.15) is 67.1 Å². The lowest BCUT2D eigenvalue weighted by atomic mass is 10.0. The number of nitrogens with zero attached hydrogens (tertiary/aromatic N) is 3. The topological polar surface area (TPSA) is 51.3 Å². The number of furan rings is 1. The molecule has 1 saturated heterocycles. The first kappa shape index (κ1) is 19.7.